The summed E-state index contributed by atoms with van der Waals surface area (Å²) in [5.74, 6) is -1.52. The lowest BCUT2D eigenvalue weighted by atomic mass is 9.74. The van der Waals surface area contributed by atoms with E-state index >= 15 is 0 Å². The van der Waals surface area contributed by atoms with Crippen molar-refractivity contribution in [1.82, 2.24) is 14.9 Å². The van der Waals surface area contributed by atoms with E-state index in [0.717, 1.165) is 48.6 Å². The van der Waals surface area contributed by atoms with E-state index in [-0.39, 0.29) is 18.4 Å². The van der Waals surface area contributed by atoms with Crippen LogP contribution in [0.15, 0.2) is 48.8 Å². The number of carbonyl (C=O) groups is 3. The second-order valence-electron chi connectivity index (χ2n) is 11.8. The van der Waals surface area contributed by atoms with Gasteiger partial charge < -0.3 is 15.5 Å². The zero-order valence-corrected chi connectivity index (χ0v) is 22.4. The van der Waals surface area contributed by atoms with Crippen molar-refractivity contribution in [2.24, 2.45) is 5.41 Å². The first kappa shape index (κ1) is 25.7. The second kappa shape index (κ2) is 9.43. The highest BCUT2D eigenvalue weighted by Crippen LogP contribution is 2.50. The van der Waals surface area contributed by atoms with Gasteiger partial charge in [-0.2, -0.15) is 0 Å². The largest absolute Gasteiger partial charge is 0.326 e. The summed E-state index contributed by atoms with van der Waals surface area (Å²) >= 11 is 0. The number of halogens is 2. The van der Waals surface area contributed by atoms with Crippen molar-refractivity contribution >= 4 is 29.2 Å². The number of fused-ring (bicyclic) bond motifs is 3. The van der Waals surface area contributed by atoms with Crippen LogP contribution < -0.4 is 10.6 Å². The summed E-state index contributed by atoms with van der Waals surface area (Å²) in [4.78, 5) is 50.5. The van der Waals surface area contributed by atoms with Crippen molar-refractivity contribution < 1.29 is 23.2 Å². The van der Waals surface area contributed by atoms with E-state index in [1.54, 1.807) is 12.4 Å². The van der Waals surface area contributed by atoms with Gasteiger partial charge in [-0.1, -0.05) is 18.9 Å². The Morgan fingerprint density at radius 1 is 1.05 bits per heavy atom. The lowest BCUT2D eigenvalue weighted by Gasteiger charge is -2.44. The Balaban J connectivity index is 1.12. The van der Waals surface area contributed by atoms with E-state index in [1.807, 2.05) is 18.2 Å². The molecule has 210 valence electrons. The van der Waals surface area contributed by atoms with E-state index in [4.69, 9.17) is 0 Å². The summed E-state index contributed by atoms with van der Waals surface area (Å²) in [7, 11) is 0. The predicted octanol–water partition coefficient (Wildman–Crippen LogP) is 4.61. The summed E-state index contributed by atoms with van der Waals surface area (Å²) in [6, 6.07) is 8.23. The topological polar surface area (TPSA) is 104 Å². The van der Waals surface area contributed by atoms with Crippen LogP contribution in [0.5, 0.6) is 0 Å². The summed E-state index contributed by atoms with van der Waals surface area (Å²) in [6.45, 7) is -0.244. The Kier molecular flexibility index (Phi) is 5.92. The first-order valence-electron chi connectivity index (χ1n) is 14.1. The predicted molar refractivity (Wildman–Crippen MR) is 146 cm³/mol. The van der Waals surface area contributed by atoms with Gasteiger partial charge in [0.25, 0.3) is 0 Å². The molecule has 0 unspecified atom stereocenters. The minimum atomic E-state index is -0.773. The van der Waals surface area contributed by atoms with E-state index < -0.39 is 34.4 Å². The fraction of sp³-hybridized carbons (Fsp3) is 0.387. The average Bonchev–Trinajstić information content (AvgIpc) is 3.63. The Morgan fingerprint density at radius 2 is 1.83 bits per heavy atom. The smallest absolute Gasteiger partial charge is 0.244 e. The van der Waals surface area contributed by atoms with E-state index in [1.165, 1.54) is 17.0 Å². The lowest BCUT2D eigenvalue weighted by molar-refractivity contribution is -0.152. The molecule has 2 spiro atoms. The number of amides is 3. The highest BCUT2D eigenvalue weighted by molar-refractivity contribution is 6.06. The first-order valence-corrected chi connectivity index (χ1v) is 14.1. The van der Waals surface area contributed by atoms with Gasteiger partial charge in [-0.15, -0.1) is 0 Å². The van der Waals surface area contributed by atoms with Crippen LogP contribution in [0.4, 0.5) is 20.3 Å². The average molecular weight is 558 g/mol. The fourth-order valence-corrected chi connectivity index (χ4v) is 7.47. The summed E-state index contributed by atoms with van der Waals surface area (Å²) in [5, 5.41) is 5.74. The number of hydrogen-bond donors (Lipinski definition) is 2. The molecule has 1 saturated heterocycles. The summed E-state index contributed by atoms with van der Waals surface area (Å²) < 4.78 is 28.2. The fourth-order valence-electron chi connectivity index (χ4n) is 7.47. The van der Waals surface area contributed by atoms with Crippen LogP contribution >= 0.6 is 0 Å². The highest BCUT2D eigenvalue weighted by Gasteiger charge is 2.52. The molecule has 3 aromatic rings. The maximum Gasteiger partial charge on any atom is 0.244 e. The molecule has 7 rings (SSSR count). The van der Waals surface area contributed by atoms with Crippen LogP contribution in [0.2, 0.25) is 0 Å². The summed E-state index contributed by atoms with van der Waals surface area (Å²) in [6.07, 6.45) is 8.66. The molecule has 8 nitrogen and oxygen atoms in total. The number of likely N-dealkylation sites (tertiary alicyclic amines) is 1. The number of pyridine rings is 2. The Hall–Kier alpha value is -4.21. The molecule has 4 aliphatic rings. The molecule has 2 fully saturated rings. The van der Waals surface area contributed by atoms with Crippen LogP contribution in [-0.2, 0) is 32.6 Å². The number of nitrogens with zero attached hydrogens (tertiary/aromatic N) is 3. The van der Waals surface area contributed by atoms with Crippen LogP contribution in [0, 0.1) is 17.0 Å². The molecule has 2 aromatic heterocycles. The van der Waals surface area contributed by atoms with Crippen molar-refractivity contribution in [2.75, 3.05) is 17.2 Å². The third-order valence-corrected chi connectivity index (χ3v) is 9.43. The van der Waals surface area contributed by atoms with E-state index in [9.17, 15) is 23.2 Å². The van der Waals surface area contributed by atoms with E-state index in [2.05, 4.69) is 20.6 Å². The van der Waals surface area contributed by atoms with E-state index in [0.29, 0.717) is 42.8 Å². The van der Waals surface area contributed by atoms with Gasteiger partial charge >= 0.3 is 0 Å². The molecule has 2 aliphatic carbocycles. The quantitative estimate of drug-likeness (QED) is 0.488. The number of benzene rings is 1. The monoisotopic (exact) mass is 557 g/mol. The third kappa shape index (κ3) is 4.19. The number of rotatable bonds is 4. The minimum absolute atomic E-state index is 0.112. The SMILES string of the molecule is O=C(CN1C(=O)C2(CCCC2)CC[C@H]1c1cc(F)cc(F)c1)Nc1cnc2c(c1)C[C@@]1(C2)C(=O)Nc2ncccc21. The molecule has 2 atom stereocenters. The van der Waals surface area contributed by atoms with Gasteiger partial charge in [0.1, 0.15) is 24.0 Å². The maximum atomic E-state index is 14.1. The van der Waals surface area contributed by atoms with Gasteiger partial charge in [0.15, 0.2) is 0 Å². The van der Waals surface area contributed by atoms with Gasteiger partial charge in [0.2, 0.25) is 17.7 Å². The number of aromatic nitrogens is 2. The Labute approximate surface area is 235 Å². The zero-order chi connectivity index (χ0) is 28.4. The van der Waals surface area contributed by atoms with Crippen LogP contribution in [0.1, 0.15) is 67.0 Å². The van der Waals surface area contributed by atoms with Gasteiger partial charge in [-0.3, -0.25) is 19.4 Å². The number of carbonyl (C=O) groups excluding carboxylic acids is 3. The normalized spacial score (nSPS) is 24.0. The highest BCUT2D eigenvalue weighted by atomic mass is 19.1. The molecule has 3 amide bonds. The van der Waals surface area contributed by atoms with Gasteiger partial charge in [-0.25, -0.2) is 13.8 Å². The standard InChI is InChI=1S/C31H29F2N5O3/c32-20-10-18(11-21(33)13-20)25-5-8-30(6-1-2-7-30)29(41)38(25)17-26(39)36-22-12-19-14-31(15-24(19)35-16-22)23-4-3-9-34-27(23)37-28(31)40/h3-4,9-13,16,25H,1-2,5-8,14-15,17H2,(H,36,39)(H,34,37,40)/t25-,31-/m0/s1. The molecular formula is C31H29F2N5O3. The lowest BCUT2D eigenvalue weighted by Crippen LogP contribution is -2.51. The molecule has 1 aromatic carbocycles. The molecule has 0 bridgehead atoms. The van der Waals surface area contributed by atoms with Crippen molar-refractivity contribution in [3.05, 3.63) is 82.8 Å². The molecule has 10 heteroatoms. The van der Waals surface area contributed by atoms with Gasteiger partial charge in [-0.05, 0) is 67.5 Å². The molecule has 0 radical (unpaired) electrons. The van der Waals surface area contributed by atoms with Crippen LogP contribution in [-0.4, -0.2) is 39.1 Å². The molecule has 4 heterocycles. The molecule has 2 N–H and O–H groups in total. The second-order valence-corrected chi connectivity index (χ2v) is 11.8. The van der Waals surface area contributed by atoms with Crippen LogP contribution in [0.25, 0.3) is 0 Å². The number of piperidine rings is 1. The first-order chi connectivity index (χ1) is 19.8. The summed E-state index contributed by atoms with van der Waals surface area (Å²) in [5.41, 5.74) is 2.02. The molecule has 1 saturated carbocycles. The van der Waals surface area contributed by atoms with Crippen molar-refractivity contribution in [2.45, 2.75) is 62.8 Å². The number of nitrogens with one attached hydrogen (secondary N) is 2. The Morgan fingerprint density at radius 3 is 2.61 bits per heavy atom. The molecule has 2 aliphatic heterocycles. The maximum absolute atomic E-state index is 14.1. The number of hydrogen-bond acceptors (Lipinski definition) is 5. The van der Waals surface area contributed by atoms with Crippen molar-refractivity contribution in [1.29, 1.82) is 0 Å². The zero-order valence-electron chi connectivity index (χ0n) is 22.4. The minimum Gasteiger partial charge on any atom is -0.326 e. The third-order valence-electron chi connectivity index (χ3n) is 9.43. The number of anilines is 2. The van der Waals surface area contributed by atoms with Crippen molar-refractivity contribution in [3.63, 3.8) is 0 Å². The molecular weight excluding hydrogens is 528 g/mol. The molecule has 41 heavy (non-hydrogen) atoms. The van der Waals surface area contributed by atoms with Gasteiger partial charge in [0.05, 0.1) is 23.3 Å². The van der Waals surface area contributed by atoms with Crippen molar-refractivity contribution in [3.8, 4) is 0 Å². The van der Waals surface area contributed by atoms with Gasteiger partial charge in [0, 0.05) is 35.4 Å². The van der Waals surface area contributed by atoms with Crippen LogP contribution in [0.3, 0.4) is 0 Å². The Bertz CT molecular complexity index is 1580.